The molecule has 0 N–H and O–H groups in total. The van der Waals surface area contributed by atoms with E-state index in [9.17, 15) is 4.79 Å². The van der Waals surface area contributed by atoms with Crippen LogP contribution in [0.4, 0.5) is 0 Å². The Labute approximate surface area is 67.0 Å². The minimum Gasteiger partial charge on any atom is -0.342 e. The number of likely N-dealkylation sites (tertiary alicyclic amines) is 1. The molecule has 0 spiro atoms. The zero-order chi connectivity index (χ0) is 7.56. The van der Waals surface area contributed by atoms with Crippen molar-refractivity contribution in [2.75, 3.05) is 18.8 Å². The monoisotopic (exact) mass is 159 g/mol. The van der Waals surface area contributed by atoms with Crippen molar-refractivity contribution < 1.29 is 4.79 Å². The average Bonchev–Trinajstić information content (AvgIpc) is 2.13. The van der Waals surface area contributed by atoms with Crippen molar-refractivity contribution in [1.29, 1.82) is 0 Å². The maximum absolute atomic E-state index is 11.1. The van der Waals surface area contributed by atoms with E-state index in [0.717, 1.165) is 25.3 Å². The number of carbonyl (C=O) groups excluding carboxylic acids is 1. The van der Waals surface area contributed by atoms with Crippen LogP contribution in [-0.2, 0) is 4.79 Å². The van der Waals surface area contributed by atoms with Crippen LogP contribution >= 0.6 is 12.6 Å². The fourth-order valence-corrected chi connectivity index (χ4v) is 1.55. The first-order valence-corrected chi connectivity index (χ1v) is 4.26. The highest BCUT2D eigenvalue weighted by molar-refractivity contribution is 7.80. The summed E-state index contributed by atoms with van der Waals surface area (Å²) in [6.45, 7) is 3.85. The minimum absolute atomic E-state index is 0.293. The minimum atomic E-state index is 0.293. The topological polar surface area (TPSA) is 20.3 Å². The highest BCUT2D eigenvalue weighted by Gasteiger charge is 2.24. The molecule has 2 nitrogen and oxygen atoms in total. The molecule has 1 saturated heterocycles. The number of hydrogen-bond donors (Lipinski definition) is 1. The van der Waals surface area contributed by atoms with Gasteiger partial charge in [-0.25, -0.2) is 0 Å². The van der Waals surface area contributed by atoms with Crippen LogP contribution in [0.25, 0.3) is 0 Å². The summed E-state index contributed by atoms with van der Waals surface area (Å²) >= 11 is 4.07. The smallest absolute Gasteiger partial charge is 0.222 e. The number of nitrogens with zero attached hydrogens (tertiary/aromatic N) is 1. The van der Waals surface area contributed by atoms with Gasteiger partial charge in [-0.1, -0.05) is 6.92 Å². The van der Waals surface area contributed by atoms with E-state index < -0.39 is 0 Å². The van der Waals surface area contributed by atoms with E-state index in [1.807, 2.05) is 4.90 Å². The number of amides is 1. The van der Waals surface area contributed by atoms with Gasteiger partial charge in [0, 0.05) is 25.3 Å². The zero-order valence-electron chi connectivity index (χ0n) is 6.21. The highest BCUT2D eigenvalue weighted by atomic mass is 32.1. The lowest BCUT2D eigenvalue weighted by Crippen LogP contribution is -2.26. The van der Waals surface area contributed by atoms with Crippen LogP contribution in [0, 0.1) is 5.92 Å². The lowest BCUT2D eigenvalue weighted by Gasteiger charge is -2.13. The van der Waals surface area contributed by atoms with Gasteiger partial charge in [-0.3, -0.25) is 4.79 Å². The van der Waals surface area contributed by atoms with Crippen LogP contribution in [0.1, 0.15) is 13.3 Å². The quantitative estimate of drug-likeness (QED) is 0.590. The molecule has 0 bridgehead atoms. The number of rotatable bonds is 2. The molecule has 3 heteroatoms. The molecule has 1 rings (SSSR count). The van der Waals surface area contributed by atoms with E-state index in [2.05, 4.69) is 19.6 Å². The van der Waals surface area contributed by atoms with Crippen LogP contribution in [0.5, 0.6) is 0 Å². The normalized spacial score (nSPS) is 26.0. The maximum Gasteiger partial charge on any atom is 0.222 e. The van der Waals surface area contributed by atoms with Crippen molar-refractivity contribution in [3.63, 3.8) is 0 Å². The SMILES string of the molecule is CC1CC(=O)N(CCS)C1. The largest absolute Gasteiger partial charge is 0.342 e. The van der Waals surface area contributed by atoms with Crippen LogP contribution in [0.2, 0.25) is 0 Å². The molecule has 58 valence electrons. The van der Waals surface area contributed by atoms with E-state index >= 15 is 0 Å². The molecule has 1 unspecified atom stereocenters. The van der Waals surface area contributed by atoms with Crippen molar-refractivity contribution >= 4 is 18.5 Å². The second-order valence-corrected chi connectivity index (χ2v) is 3.32. The first kappa shape index (κ1) is 7.92. The first-order valence-electron chi connectivity index (χ1n) is 3.62. The van der Waals surface area contributed by atoms with Gasteiger partial charge in [0.05, 0.1) is 0 Å². The van der Waals surface area contributed by atoms with E-state index in [4.69, 9.17) is 0 Å². The average molecular weight is 159 g/mol. The van der Waals surface area contributed by atoms with Gasteiger partial charge in [0.2, 0.25) is 5.91 Å². The summed E-state index contributed by atoms with van der Waals surface area (Å²) in [4.78, 5) is 13.0. The second kappa shape index (κ2) is 3.28. The third kappa shape index (κ3) is 1.66. The molecule has 0 aromatic heterocycles. The summed E-state index contributed by atoms with van der Waals surface area (Å²) < 4.78 is 0. The van der Waals surface area contributed by atoms with Crippen LogP contribution in [0.15, 0.2) is 0 Å². The molecule has 1 fully saturated rings. The Hall–Kier alpha value is -0.180. The first-order chi connectivity index (χ1) is 4.74. The molecular weight excluding hydrogens is 146 g/mol. The summed E-state index contributed by atoms with van der Waals surface area (Å²) in [5.74, 6) is 1.62. The molecule has 0 aromatic rings. The lowest BCUT2D eigenvalue weighted by atomic mass is 10.2. The Kier molecular flexibility index (Phi) is 2.60. The third-order valence-corrected chi connectivity index (χ3v) is 1.98. The summed E-state index contributed by atoms with van der Waals surface area (Å²) in [7, 11) is 0. The van der Waals surface area contributed by atoms with Gasteiger partial charge < -0.3 is 4.90 Å². The number of carbonyl (C=O) groups is 1. The lowest BCUT2D eigenvalue weighted by molar-refractivity contribution is -0.127. The molecule has 0 radical (unpaired) electrons. The molecule has 1 amide bonds. The van der Waals surface area contributed by atoms with Crippen molar-refractivity contribution in [3.05, 3.63) is 0 Å². The van der Waals surface area contributed by atoms with Crippen molar-refractivity contribution in [3.8, 4) is 0 Å². The molecule has 1 aliphatic heterocycles. The summed E-state index contributed by atoms with van der Waals surface area (Å²) in [6, 6.07) is 0. The van der Waals surface area contributed by atoms with Crippen molar-refractivity contribution in [2.45, 2.75) is 13.3 Å². The van der Waals surface area contributed by atoms with Crippen LogP contribution in [0.3, 0.4) is 0 Å². The van der Waals surface area contributed by atoms with Crippen molar-refractivity contribution in [2.24, 2.45) is 5.92 Å². The van der Waals surface area contributed by atoms with Gasteiger partial charge in [-0.15, -0.1) is 0 Å². The van der Waals surface area contributed by atoms with E-state index in [1.54, 1.807) is 0 Å². The standard InChI is InChI=1S/C7H13NOS/c1-6-4-7(9)8(5-6)2-3-10/h6,10H,2-5H2,1H3. The fourth-order valence-electron chi connectivity index (χ4n) is 1.31. The Morgan fingerprint density at radius 3 is 2.90 bits per heavy atom. The zero-order valence-corrected chi connectivity index (χ0v) is 7.10. The molecule has 0 aromatic carbocycles. The molecular formula is C7H13NOS. The van der Waals surface area contributed by atoms with Gasteiger partial charge in [0.25, 0.3) is 0 Å². The second-order valence-electron chi connectivity index (χ2n) is 2.87. The summed E-state index contributed by atoms with van der Waals surface area (Å²) in [5, 5.41) is 0. The third-order valence-electron chi connectivity index (χ3n) is 1.78. The number of hydrogen-bond acceptors (Lipinski definition) is 2. The Bertz CT molecular complexity index is 138. The molecule has 1 aliphatic rings. The molecule has 0 aliphatic carbocycles. The van der Waals surface area contributed by atoms with Gasteiger partial charge in [-0.05, 0) is 5.92 Å². The van der Waals surface area contributed by atoms with Crippen LogP contribution < -0.4 is 0 Å². The van der Waals surface area contributed by atoms with Crippen molar-refractivity contribution in [1.82, 2.24) is 4.90 Å². The predicted molar refractivity (Wildman–Crippen MR) is 44.2 cm³/mol. The molecule has 0 saturated carbocycles. The Balaban J connectivity index is 2.39. The summed E-state index contributed by atoms with van der Waals surface area (Å²) in [5.41, 5.74) is 0. The van der Waals surface area contributed by atoms with Gasteiger partial charge in [0.1, 0.15) is 0 Å². The van der Waals surface area contributed by atoms with Crippen LogP contribution in [-0.4, -0.2) is 29.6 Å². The number of thiol groups is 1. The summed E-state index contributed by atoms with van der Waals surface area (Å²) in [6.07, 6.45) is 0.730. The molecule has 1 atom stereocenters. The highest BCUT2D eigenvalue weighted by Crippen LogP contribution is 2.15. The van der Waals surface area contributed by atoms with Gasteiger partial charge in [0.15, 0.2) is 0 Å². The molecule has 1 heterocycles. The predicted octanol–water partition coefficient (Wildman–Crippen LogP) is 0.785. The van der Waals surface area contributed by atoms with E-state index in [0.29, 0.717) is 11.8 Å². The van der Waals surface area contributed by atoms with Gasteiger partial charge in [-0.2, -0.15) is 12.6 Å². The Morgan fingerprint density at radius 2 is 2.50 bits per heavy atom. The Morgan fingerprint density at radius 1 is 1.80 bits per heavy atom. The van der Waals surface area contributed by atoms with Gasteiger partial charge >= 0.3 is 0 Å². The van der Waals surface area contributed by atoms with E-state index in [1.165, 1.54) is 0 Å². The fraction of sp³-hybridized carbons (Fsp3) is 0.857. The molecule has 10 heavy (non-hydrogen) atoms. The maximum atomic E-state index is 11.1. The van der Waals surface area contributed by atoms with E-state index in [-0.39, 0.29) is 0 Å².